The molecule has 0 atom stereocenters. The second-order valence-electron chi connectivity index (χ2n) is 5.02. The Morgan fingerprint density at radius 3 is 1.57 bits per heavy atom. The molecule has 0 radical (unpaired) electrons. The monoisotopic (exact) mass is 278 g/mol. The molecule has 0 aromatic heterocycles. The van der Waals surface area contributed by atoms with Gasteiger partial charge in [0, 0.05) is 11.1 Å². The fourth-order valence-corrected chi connectivity index (χ4v) is 2.35. The summed E-state index contributed by atoms with van der Waals surface area (Å²) in [6, 6.07) is 19.6. The van der Waals surface area contributed by atoms with Gasteiger partial charge in [-0.15, -0.1) is 0 Å². The highest BCUT2D eigenvalue weighted by molar-refractivity contribution is 6.32. The Labute approximate surface area is 123 Å². The van der Waals surface area contributed by atoms with E-state index in [9.17, 15) is 8.78 Å². The van der Waals surface area contributed by atoms with Crippen LogP contribution in [0.2, 0.25) is 0 Å². The van der Waals surface area contributed by atoms with E-state index in [1.165, 1.54) is 0 Å². The van der Waals surface area contributed by atoms with Gasteiger partial charge in [0.2, 0.25) is 0 Å². The number of halogens is 2. The SMILES string of the molecule is Bc1ccc(-c2ccc(-c3ccccc3)c(F)c2F)cc1. The second-order valence-corrected chi connectivity index (χ2v) is 5.02. The third-order valence-corrected chi connectivity index (χ3v) is 3.53. The van der Waals surface area contributed by atoms with Gasteiger partial charge in [-0.05, 0) is 11.1 Å². The Hall–Kier alpha value is -2.42. The quantitative estimate of drug-likeness (QED) is 0.629. The lowest BCUT2D eigenvalue weighted by atomic mass is 9.93. The van der Waals surface area contributed by atoms with Crippen molar-refractivity contribution in [2.75, 3.05) is 0 Å². The molecule has 102 valence electrons. The van der Waals surface area contributed by atoms with Crippen molar-refractivity contribution in [1.82, 2.24) is 0 Å². The first kappa shape index (κ1) is 13.6. The van der Waals surface area contributed by atoms with Gasteiger partial charge in [-0.2, -0.15) is 0 Å². The molecule has 0 nitrogen and oxygen atoms in total. The highest BCUT2D eigenvalue weighted by Crippen LogP contribution is 2.30. The maximum Gasteiger partial charge on any atom is 0.167 e. The van der Waals surface area contributed by atoms with E-state index in [2.05, 4.69) is 0 Å². The predicted molar refractivity (Wildman–Crippen MR) is 85.4 cm³/mol. The van der Waals surface area contributed by atoms with Crippen LogP contribution in [0.25, 0.3) is 22.3 Å². The first-order valence-corrected chi connectivity index (χ1v) is 6.77. The van der Waals surface area contributed by atoms with Crippen LogP contribution in [-0.4, -0.2) is 7.85 Å². The number of rotatable bonds is 2. The Morgan fingerprint density at radius 1 is 0.571 bits per heavy atom. The molecule has 3 aromatic carbocycles. The van der Waals surface area contributed by atoms with Gasteiger partial charge in [0.05, 0.1) is 0 Å². The molecule has 3 heteroatoms. The van der Waals surface area contributed by atoms with Crippen LogP contribution in [0.15, 0.2) is 66.7 Å². The van der Waals surface area contributed by atoms with Crippen LogP contribution >= 0.6 is 0 Å². The molecule has 0 N–H and O–H groups in total. The second kappa shape index (κ2) is 5.53. The molecule has 21 heavy (non-hydrogen) atoms. The Bertz CT molecular complexity index is 765. The number of benzene rings is 3. The average molecular weight is 278 g/mol. The molecule has 0 heterocycles. The highest BCUT2D eigenvalue weighted by Gasteiger charge is 2.15. The predicted octanol–water partition coefficient (Wildman–Crippen LogP) is 3.56. The van der Waals surface area contributed by atoms with E-state index >= 15 is 0 Å². The molecule has 0 amide bonds. The first-order chi connectivity index (χ1) is 10.2. The summed E-state index contributed by atoms with van der Waals surface area (Å²) in [4.78, 5) is 0. The summed E-state index contributed by atoms with van der Waals surface area (Å²) >= 11 is 0. The van der Waals surface area contributed by atoms with Gasteiger partial charge in [-0.3, -0.25) is 0 Å². The lowest BCUT2D eigenvalue weighted by molar-refractivity contribution is 0.514. The van der Waals surface area contributed by atoms with Crippen LogP contribution in [0.1, 0.15) is 0 Å². The standard InChI is InChI=1S/C18H13BF2/c19-14-8-6-13(7-9-14)16-11-10-15(17(20)18(16)21)12-4-2-1-3-5-12/h1-11H,19H2. The largest absolute Gasteiger partial charge is 0.203 e. The molecule has 0 spiro atoms. The van der Waals surface area contributed by atoms with Crippen LogP contribution in [-0.2, 0) is 0 Å². The van der Waals surface area contributed by atoms with Gasteiger partial charge < -0.3 is 0 Å². The fraction of sp³-hybridized carbons (Fsp3) is 0. The number of hydrogen-bond donors (Lipinski definition) is 0. The van der Waals surface area contributed by atoms with Gasteiger partial charge in [-0.25, -0.2) is 8.78 Å². The van der Waals surface area contributed by atoms with Crippen LogP contribution in [0.4, 0.5) is 8.78 Å². The first-order valence-electron chi connectivity index (χ1n) is 6.77. The van der Waals surface area contributed by atoms with Crippen LogP contribution in [0, 0.1) is 11.6 Å². The van der Waals surface area contributed by atoms with E-state index in [0.717, 1.165) is 5.46 Å². The molecule has 3 rings (SSSR count). The molecular formula is C18H13BF2. The summed E-state index contributed by atoms with van der Waals surface area (Å²) < 4.78 is 28.7. The van der Waals surface area contributed by atoms with Gasteiger partial charge in [-0.1, -0.05) is 72.2 Å². The fourth-order valence-electron chi connectivity index (χ4n) is 2.35. The van der Waals surface area contributed by atoms with Crippen LogP contribution < -0.4 is 5.46 Å². The van der Waals surface area contributed by atoms with E-state index in [1.807, 2.05) is 26.0 Å². The van der Waals surface area contributed by atoms with Gasteiger partial charge in [0.15, 0.2) is 11.6 Å². The molecule has 0 bridgehead atoms. The van der Waals surface area contributed by atoms with E-state index in [-0.39, 0.29) is 11.1 Å². The Balaban J connectivity index is 2.11. The van der Waals surface area contributed by atoms with Crippen molar-refractivity contribution in [2.24, 2.45) is 0 Å². The lowest BCUT2D eigenvalue weighted by Crippen LogP contribution is -2.00. The molecule has 0 aliphatic carbocycles. The minimum atomic E-state index is -0.806. The third-order valence-electron chi connectivity index (χ3n) is 3.53. The minimum Gasteiger partial charge on any atom is -0.203 e. The molecule has 0 saturated carbocycles. The van der Waals surface area contributed by atoms with E-state index in [1.54, 1.807) is 48.5 Å². The van der Waals surface area contributed by atoms with Crippen molar-refractivity contribution in [3.63, 3.8) is 0 Å². The average Bonchev–Trinajstić information content (AvgIpc) is 2.52. The van der Waals surface area contributed by atoms with Crippen molar-refractivity contribution in [1.29, 1.82) is 0 Å². The normalized spacial score (nSPS) is 10.6. The van der Waals surface area contributed by atoms with Crippen LogP contribution in [0.3, 0.4) is 0 Å². The van der Waals surface area contributed by atoms with E-state index in [4.69, 9.17) is 0 Å². The van der Waals surface area contributed by atoms with Crippen LogP contribution in [0.5, 0.6) is 0 Å². The molecule has 3 aromatic rings. The van der Waals surface area contributed by atoms with E-state index in [0.29, 0.717) is 11.1 Å². The van der Waals surface area contributed by atoms with Gasteiger partial charge in [0.1, 0.15) is 7.85 Å². The Kier molecular flexibility index (Phi) is 3.57. The summed E-state index contributed by atoms with van der Waals surface area (Å²) in [5.41, 5.74) is 3.00. The molecule has 0 aliphatic rings. The van der Waals surface area contributed by atoms with Crippen molar-refractivity contribution in [3.8, 4) is 22.3 Å². The lowest BCUT2D eigenvalue weighted by Gasteiger charge is -2.09. The van der Waals surface area contributed by atoms with Crippen molar-refractivity contribution in [2.45, 2.75) is 0 Å². The molecule has 0 aliphatic heterocycles. The summed E-state index contributed by atoms with van der Waals surface area (Å²) in [5.74, 6) is -1.61. The Morgan fingerprint density at radius 2 is 1.05 bits per heavy atom. The maximum atomic E-state index is 14.4. The maximum absolute atomic E-state index is 14.4. The zero-order chi connectivity index (χ0) is 14.8. The van der Waals surface area contributed by atoms with Gasteiger partial charge in [0.25, 0.3) is 0 Å². The zero-order valence-electron chi connectivity index (χ0n) is 11.6. The van der Waals surface area contributed by atoms with Crippen molar-refractivity contribution in [3.05, 3.63) is 78.4 Å². The molecular weight excluding hydrogens is 265 g/mol. The summed E-state index contributed by atoms with van der Waals surface area (Å²) in [6.07, 6.45) is 0. The summed E-state index contributed by atoms with van der Waals surface area (Å²) in [6.45, 7) is 0. The zero-order valence-corrected chi connectivity index (χ0v) is 11.6. The summed E-state index contributed by atoms with van der Waals surface area (Å²) in [7, 11) is 1.96. The molecule has 0 fully saturated rings. The highest BCUT2D eigenvalue weighted by atomic mass is 19.2. The molecule has 0 saturated heterocycles. The third kappa shape index (κ3) is 2.59. The topological polar surface area (TPSA) is 0 Å². The summed E-state index contributed by atoms with van der Waals surface area (Å²) in [5, 5.41) is 0. The smallest absolute Gasteiger partial charge is 0.167 e. The van der Waals surface area contributed by atoms with E-state index < -0.39 is 11.6 Å². The number of hydrogen-bond acceptors (Lipinski definition) is 0. The van der Waals surface area contributed by atoms with Gasteiger partial charge >= 0.3 is 0 Å². The molecule has 0 unspecified atom stereocenters. The van der Waals surface area contributed by atoms with Crippen molar-refractivity contribution < 1.29 is 8.78 Å². The van der Waals surface area contributed by atoms with Crippen molar-refractivity contribution >= 4 is 13.3 Å². The minimum absolute atomic E-state index is 0.281.